The number of para-hydroxylation sites is 1. The predicted octanol–water partition coefficient (Wildman–Crippen LogP) is 4.07. The average Bonchev–Trinajstić information content (AvgIpc) is 3.29. The minimum atomic E-state index is -0.985. The summed E-state index contributed by atoms with van der Waals surface area (Å²) in [4.78, 5) is 28.5. The van der Waals surface area contributed by atoms with Gasteiger partial charge in [0.2, 0.25) is 0 Å². The minimum Gasteiger partial charge on any atom is -0.478 e. The number of nitrogens with zero attached hydrogens (tertiary/aromatic N) is 2. The zero-order valence-electron chi connectivity index (χ0n) is 14.6. The third-order valence-electron chi connectivity index (χ3n) is 4.07. The predicted molar refractivity (Wildman–Crippen MR) is 110 cm³/mol. The van der Waals surface area contributed by atoms with E-state index in [1.54, 1.807) is 24.3 Å². The zero-order chi connectivity index (χ0) is 19.5. The summed E-state index contributed by atoms with van der Waals surface area (Å²) in [6, 6.07) is 19.7. The van der Waals surface area contributed by atoms with Crippen molar-refractivity contribution in [2.24, 2.45) is 4.99 Å². The number of carbonyl (C=O) groups excluding carboxylic acids is 1. The number of carboxylic acid groups (broad SMARTS) is 1. The summed E-state index contributed by atoms with van der Waals surface area (Å²) in [5.41, 5.74) is 2.44. The van der Waals surface area contributed by atoms with E-state index in [1.807, 2.05) is 59.3 Å². The van der Waals surface area contributed by atoms with Gasteiger partial charge in [-0.25, -0.2) is 9.79 Å². The van der Waals surface area contributed by atoms with Crippen LogP contribution in [0.2, 0.25) is 0 Å². The van der Waals surface area contributed by atoms with Crippen molar-refractivity contribution >= 4 is 40.6 Å². The first-order chi connectivity index (χ1) is 13.6. The summed E-state index contributed by atoms with van der Waals surface area (Å²) in [6.07, 6.45) is 3.59. The number of benzene rings is 2. The second-order valence-corrected chi connectivity index (χ2v) is 7.01. The molecule has 6 nitrogen and oxygen atoms in total. The molecule has 0 radical (unpaired) electrons. The van der Waals surface area contributed by atoms with Crippen LogP contribution in [0.25, 0.3) is 11.8 Å². The van der Waals surface area contributed by atoms with Gasteiger partial charge in [0.25, 0.3) is 5.91 Å². The van der Waals surface area contributed by atoms with Crippen molar-refractivity contribution in [3.63, 3.8) is 0 Å². The fourth-order valence-electron chi connectivity index (χ4n) is 2.77. The van der Waals surface area contributed by atoms with Gasteiger partial charge in [-0.1, -0.05) is 24.3 Å². The first kappa shape index (κ1) is 17.8. The van der Waals surface area contributed by atoms with E-state index in [1.165, 1.54) is 11.8 Å². The maximum atomic E-state index is 12.3. The molecule has 3 aromatic rings. The van der Waals surface area contributed by atoms with Crippen molar-refractivity contribution in [1.29, 1.82) is 0 Å². The Kier molecular flexibility index (Phi) is 4.82. The highest BCUT2D eigenvalue weighted by molar-refractivity contribution is 8.18. The van der Waals surface area contributed by atoms with Gasteiger partial charge in [-0.15, -0.1) is 0 Å². The van der Waals surface area contributed by atoms with E-state index in [-0.39, 0.29) is 11.5 Å². The van der Waals surface area contributed by atoms with Gasteiger partial charge in [-0.3, -0.25) is 4.79 Å². The number of amidine groups is 1. The van der Waals surface area contributed by atoms with Gasteiger partial charge in [0.05, 0.1) is 16.2 Å². The van der Waals surface area contributed by atoms with Crippen LogP contribution in [-0.4, -0.2) is 26.7 Å². The van der Waals surface area contributed by atoms with Crippen LogP contribution in [-0.2, 0) is 4.79 Å². The molecule has 1 saturated heterocycles. The molecule has 2 aromatic carbocycles. The molecule has 0 spiro atoms. The van der Waals surface area contributed by atoms with Crippen LogP contribution in [0.15, 0.2) is 82.8 Å². The fourth-order valence-corrected chi connectivity index (χ4v) is 3.60. The normalized spacial score (nSPS) is 16.5. The van der Waals surface area contributed by atoms with E-state index in [0.717, 1.165) is 11.4 Å². The van der Waals surface area contributed by atoms with Crippen molar-refractivity contribution < 1.29 is 14.7 Å². The Morgan fingerprint density at radius 1 is 1.07 bits per heavy atom. The topological polar surface area (TPSA) is 83.7 Å². The molecule has 138 valence electrons. The molecule has 2 heterocycles. The van der Waals surface area contributed by atoms with Crippen molar-refractivity contribution in [1.82, 2.24) is 9.88 Å². The Balaban J connectivity index is 1.63. The molecule has 0 saturated carbocycles. The summed E-state index contributed by atoms with van der Waals surface area (Å²) in [5.74, 6) is -1.20. The SMILES string of the molecule is O=C1NC(=Nc2ccccc2)S/C1=C/c1cccn1-c1cccc(C(=O)O)c1. The maximum absolute atomic E-state index is 12.3. The van der Waals surface area contributed by atoms with E-state index < -0.39 is 5.97 Å². The van der Waals surface area contributed by atoms with Crippen molar-refractivity contribution in [3.8, 4) is 5.69 Å². The molecule has 0 unspecified atom stereocenters. The van der Waals surface area contributed by atoms with E-state index in [9.17, 15) is 14.7 Å². The van der Waals surface area contributed by atoms with E-state index in [4.69, 9.17) is 0 Å². The highest BCUT2D eigenvalue weighted by atomic mass is 32.2. The lowest BCUT2D eigenvalue weighted by Gasteiger charge is -2.07. The van der Waals surface area contributed by atoms with Crippen molar-refractivity contribution in [2.75, 3.05) is 0 Å². The van der Waals surface area contributed by atoms with Crippen LogP contribution >= 0.6 is 11.8 Å². The Labute approximate surface area is 165 Å². The van der Waals surface area contributed by atoms with E-state index >= 15 is 0 Å². The van der Waals surface area contributed by atoms with Gasteiger partial charge in [0, 0.05) is 17.6 Å². The number of aliphatic imine (C=N–C) groups is 1. The van der Waals surface area contributed by atoms with Gasteiger partial charge in [-0.2, -0.15) is 0 Å². The average molecular weight is 389 g/mol. The first-order valence-corrected chi connectivity index (χ1v) is 9.27. The van der Waals surface area contributed by atoms with E-state index in [0.29, 0.717) is 15.8 Å². The summed E-state index contributed by atoms with van der Waals surface area (Å²) in [6.45, 7) is 0. The summed E-state index contributed by atoms with van der Waals surface area (Å²) >= 11 is 1.27. The molecule has 0 bridgehead atoms. The molecule has 1 aliphatic rings. The fraction of sp³-hybridized carbons (Fsp3) is 0. The zero-order valence-corrected chi connectivity index (χ0v) is 15.4. The number of hydrogen-bond acceptors (Lipinski definition) is 4. The van der Waals surface area contributed by atoms with Gasteiger partial charge in [-0.05, 0) is 60.3 Å². The Hall–Kier alpha value is -3.58. The Bertz CT molecular complexity index is 1120. The summed E-state index contributed by atoms with van der Waals surface area (Å²) in [5, 5.41) is 12.5. The summed E-state index contributed by atoms with van der Waals surface area (Å²) < 4.78 is 1.83. The smallest absolute Gasteiger partial charge is 0.335 e. The van der Waals surface area contributed by atoms with Crippen LogP contribution in [0.3, 0.4) is 0 Å². The molecule has 4 rings (SSSR count). The lowest BCUT2D eigenvalue weighted by Crippen LogP contribution is -2.19. The van der Waals surface area contributed by atoms with Crippen LogP contribution in [0.4, 0.5) is 5.69 Å². The molecule has 28 heavy (non-hydrogen) atoms. The minimum absolute atomic E-state index is 0.204. The monoisotopic (exact) mass is 389 g/mol. The molecule has 2 N–H and O–H groups in total. The number of nitrogens with one attached hydrogen (secondary N) is 1. The number of thioether (sulfide) groups is 1. The van der Waals surface area contributed by atoms with Crippen LogP contribution in [0.1, 0.15) is 16.1 Å². The number of aromatic carboxylic acids is 1. The number of aromatic nitrogens is 1. The standard InChI is InChI=1S/C21H15N3O3S/c25-19-18(28-21(23-19)22-15-7-2-1-3-8-15)13-17-10-5-11-24(17)16-9-4-6-14(12-16)20(26)27/h1-13H,(H,26,27)(H,22,23,25)/b18-13+. The number of hydrogen-bond donors (Lipinski definition) is 2. The Morgan fingerprint density at radius 3 is 2.68 bits per heavy atom. The van der Waals surface area contributed by atoms with Crippen molar-refractivity contribution in [3.05, 3.63) is 89.1 Å². The number of carboxylic acids is 1. The second-order valence-electron chi connectivity index (χ2n) is 5.98. The molecule has 0 atom stereocenters. The van der Waals surface area contributed by atoms with Crippen LogP contribution < -0.4 is 5.32 Å². The van der Waals surface area contributed by atoms with Gasteiger partial charge in [0.15, 0.2) is 5.17 Å². The lowest BCUT2D eigenvalue weighted by atomic mass is 10.2. The summed E-state index contributed by atoms with van der Waals surface area (Å²) in [7, 11) is 0. The third-order valence-corrected chi connectivity index (χ3v) is 4.98. The van der Waals surface area contributed by atoms with Gasteiger partial charge < -0.3 is 15.0 Å². The van der Waals surface area contributed by atoms with Crippen LogP contribution in [0.5, 0.6) is 0 Å². The molecular weight excluding hydrogens is 374 g/mol. The van der Waals surface area contributed by atoms with Gasteiger partial charge >= 0.3 is 5.97 Å². The quantitative estimate of drug-likeness (QED) is 0.659. The lowest BCUT2D eigenvalue weighted by molar-refractivity contribution is -0.115. The van der Waals surface area contributed by atoms with Crippen LogP contribution in [0, 0.1) is 0 Å². The number of carbonyl (C=O) groups is 2. The third kappa shape index (κ3) is 3.74. The largest absolute Gasteiger partial charge is 0.478 e. The molecule has 1 aliphatic heterocycles. The molecule has 7 heteroatoms. The molecule has 1 fully saturated rings. The van der Waals surface area contributed by atoms with E-state index in [2.05, 4.69) is 10.3 Å². The number of rotatable bonds is 4. The molecule has 1 amide bonds. The maximum Gasteiger partial charge on any atom is 0.335 e. The molecular formula is C21H15N3O3S. The van der Waals surface area contributed by atoms with Crippen molar-refractivity contribution in [2.45, 2.75) is 0 Å². The highest BCUT2D eigenvalue weighted by Crippen LogP contribution is 2.28. The molecule has 1 aromatic heterocycles. The first-order valence-electron chi connectivity index (χ1n) is 8.46. The second kappa shape index (κ2) is 7.58. The van der Waals surface area contributed by atoms with Gasteiger partial charge in [0.1, 0.15) is 0 Å². The molecule has 0 aliphatic carbocycles. The number of amides is 1. The highest BCUT2D eigenvalue weighted by Gasteiger charge is 2.24. The Morgan fingerprint density at radius 2 is 1.89 bits per heavy atom.